The molecular weight excluding hydrogens is 598 g/mol. The molecule has 2 atom stereocenters. The predicted octanol–water partition coefficient (Wildman–Crippen LogP) is 6.09. The fraction of sp³-hybridized carbons (Fsp3) is 0.361. The summed E-state index contributed by atoms with van der Waals surface area (Å²) in [6, 6.07) is 17.6. The molecule has 1 fully saturated rings. The molecule has 3 N–H and O–H groups in total. The minimum Gasteiger partial charge on any atom is -0.480 e. The Morgan fingerprint density at radius 2 is 1.59 bits per heavy atom. The standard InChI is InChI=1S/C36H41N5O4S/c1-23(35(44)45)39-33(42)29(40-34(43)30-15-16-31(46-30)36(2,3)4)19-24-11-13-25(14-12-24)32-37-21-27(22-38-32)26-9-8-10-28(20-26)41-17-6-5-7-18-41/h8-16,20-23,29H,5-7,17-19H2,1-4H3,(H,39,42)(H,40,43)(H,44,45)/t23-,29+/m1/s1. The van der Waals surface area contributed by atoms with Crippen LogP contribution in [0.25, 0.3) is 22.5 Å². The second-order valence-corrected chi connectivity index (χ2v) is 13.9. The number of benzene rings is 2. The quantitative estimate of drug-likeness (QED) is 0.192. The highest BCUT2D eigenvalue weighted by Gasteiger charge is 2.26. The number of carboxylic acids is 1. The van der Waals surface area contributed by atoms with E-state index in [4.69, 9.17) is 0 Å². The Bertz CT molecular complexity index is 1670. The molecule has 10 heteroatoms. The van der Waals surface area contributed by atoms with Gasteiger partial charge in [0.25, 0.3) is 5.91 Å². The summed E-state index contributed by atoms with van der Waals surface area (Å²) in [4.78, 5) is 50.9. The number of nitrogens with one attached hydrogen (secondary N) is 2. The molecule has 46 heavy (non-hydrogen) atoms. The predicted molar refractivity (Wildman–Crippen MR) is 182 cm³/mol. The van der Waals surface area contributed by atoms with Gasteiger partial charge in [0.15, 0.2) is 5.82 Å². The molecule has 1 aliphatic heterocycles. The van der Waals surface area contributed by atoms with Crippen LogP contribution in [0.3, 0.4) is 0 Å². The van der Waals surface area contributed by atoms with Crippen LogP contribution in [-0.4, -0.2) is 58.0 Å². The lowest BCUT2D eigenvalue weighted by molar-refractivity contribution is -0.141. The molecule has 1 saturated heterocycles. The monoisotopic (exact) mass is 639 g/mol. The molecule has 5 rings (SSSR count). The summed E-state index contributed by atoms with van der Waals surface area (Å²) in [5.74, 6) is -1.53. The van der Waals surface area contributed by atoms with Gasteiger partial charge < -0.3 is 20.6 Å². The number of rotatable bonds is 10. The van der Waals surface area contributed by atoms with Crippen molar-refractivity contribution in [3.8, 4) is 22.5 Å². The average Bonchev–Trinajstić information content (AvgIpc) is 3.57. The third-order valence-electron chi connectivity index (χ3n) is 8.12. The van der Waals surface area contributed by atoms with Gasteiger partial charge in [0.05, 0.1) is 4.88 Å². The Morgan fingerprint density at radius 1 is 0.891 bits per heavy atom. The van der Waals surface area contributed by atoms with Crippen molar-refractivity contribution in [3.05, 3.63) is 88.4 Å². The smallest absolute Gasteiger partial charge is 0.325 e. The van der Waals surface area contributed by atoms with Crippen LogP contribution in [0.2, 0.25) is 0 Å². The molecule has 0 spiro atoms. The molecule has 240 valence electrons. The maximum atomic E-state index is 13.2. The van der Waals surface area contributed by atoms with Gasteiger partial charge in [-0.15, -0.1) is 11.3 Å². The van der Waals surface area contributed by atoms with Crippen LogP contribution in [0.5, 0.6) is 0 Å². The zero-order chi connectivity index (χ0) is 32.8. The molecule has 0 saturated carbocycles. The second-order valence-electron chi connectivity index (χ2n) is 12.8. The number of amides is 2. The highest BCUT2D eigenvalue weighted by Crippen LogP contribution is 2.30. The maximum Gasteiger partial charge on any atom is 0.325 e. The molecule has 9 nitrogen and oxygen atoms in total. The number of aromatic nitrogens is 2. The second kappa shape index (κ2) is 14.2. The Balaban J connectivity index is 1.29. The van der Waals surface area contributed by atoms with Gasteiger partial charge in [-0.05, 0) is 67.0 Å². The van der Waals surface area contributed by atoms with E-state index in [0.29, 0.717) is 10.7 Å². The van der Waals surface area contributed by atoms with Crippen molar-refractivity contribution in [1.82, 2.24) is 20.6 Å². The van der Waals surface area contributed by atoms with Gasteiger partial charge in [-0.1, -0.05) is 57.2 Å². The van der Waals surface area contributed by atoms with E-state index in [0.717, 1.165) is 40.2 Å². The minimum absolute atomic E-state index is 0.111. The van der Waals surface area contributed by atoms with E-state index in [2.05, 4.69) is 70.5 Å². The molecule has 0 radical (unpaired) electrons. The zero-order valence-corrected chi connectivity index (χ0v) is 27.6. The van der Waals surface area contributed by atoms with Crippen LogP contribution in [0.15, 0.2) is 73.1 Å². The number of hydrogen-bond donors (Lipinski definition) is 3. The van der Waals surface area contributed by atoms with E-state index >= 15 is 0 Å². The Hall–Kier alpha value is -4.57. The number of piperidine rings is 1. The summed E-state index contributed by atoms with van der Waals surface area (Å²) in [7, 11) is 0. The first-order valence-electron chi connectivity index (χ1n) is 15.7. The number of nitrogens with zero attached hydrogens (tertiary/aromatic N) is 3. The normalized spacial score (nSPS) is 14.7. The molecule has 0 aliphatic carbocycles. The van der Waals surface area contributed by atoms with Crippen LogP contribution in [0.4, 0.5) is 5.69 Å². The van der Waals surface area contributed by atoms with E-state index in [1.54, 1.807) is 6.07 Å². The summed E-state index contributed by atoms with van der Waals surface area (Å²) in [5.41, 5.74) is 4.74. The summed E-state index contributed by atoms with van der Waals surface area (Å²) >= 11 is 1.38. The van der Waals surface area contributed by atoms with Gasteiger partial charge >= 0.3 is 5.97 Å². The molecule has 1 aliphatic rings. The summed E-state index contributed by atoms with van der Waals surface area (Å²) in [6.07, 6.45) is 7.58. The average molecular weight is 640 g/mol. The van der Waals surface area contributed by atoms with Gasteiger partial charge in [0.1, 0.15) is 12.1 Å². The summed E-state index contributed by atoms with van der Waals surface area (Å²) in [6.45, 7) is 9.77. The third kappa shape index (κ3) is 8.17. The number of thiophene rings is 1. The molecular formula is C36H41N5O4S. The topological polar surface area (TPSA) is 125 Å². The van der Waals surface area contributed by atoms with Crippen LogP contribution < -0.4 is 15.5 Å². The van der Waals surface area contributed by atoms with Crippen molar-refractivity contribution >= 4 is 34.8 Å². The Kier molecular flexibility index (Phi) is 10.2. The molecule has 0 bridgehead atoms. The fourth-order valence-corrected chi connectivity index (χ4v) is 6.33. The van der Waals surface area contributed by atoms with Crippen LogP contribution in [0, 0.1) is 0 Å². The number of aliphatic carboxylic acids is 1. The van der Waals surface area contributed by atoms with Crippen LogP contribution in [0.1, 0.15) is 67.1 Å². The SMILES string of the molecule is C[C@@H](NC(=O)[C@H](Cc1ccc(-c2ncc(-c3cccc(N4CCCCC4)c3)cn2)cc1)NC(=O)c1ccc(C(C)(C)C)s1)C(=O)O. The van der Waals surface area contributed by atoms with Gasteiger partial charge in [-0.2, -0.15) is 0 Å². The highest BCUT2D eigenvalue weighted by molar-refractivity contribution is 7.14. The van der Waals surface area contributed by atoms with E-state index in [-0.39, 0.29) is 17.7 Å². The molecule has 3 heterocycles. The van der Waals surface area contributed by atoms with Gasteiger partial charge in [0.2, 0.25) is 5.91 Å². The lowest BCUT2D eigenvalue weighted by Gasteiger charge is -2.29. The van der Waals surface area contributed by atoms with E-state index < -0.39 is 24.0 Å². The number of carbonyl (C=O) groups excluding carboxylic acids is 2. The van der Waals surface area contributed by atoms with Crippen molar-refractivity contribution in [2.75, 3.05) is 18.0 Å². The fourth-order valence-electron chi connectivity index (χ4n) is 5.36. The summed E-state index contributed by atoms with van der Waals surface area (Å²) in [5, 5.41) is 14.6. The molecule has 2 amide bonds. The highest BCUT2D eigenvalue weighted by atomic mass is 32.1. The van der Waals surface area contributed by atoms with E-state index in [1.807, 2.05) is 42.7 Å². The number of carboxylic acid groups (broad SMARTS) is 1. The third-order valence-corrected chi connectivity index (χ3v) is 9.63. The first kappa shape index (κ1) is 32.8. The lowest BCUT2D eigenvalue weighted by Crippen LogP contribution is -2.51. The molecule has 0 unspecified atom stereocenters. The molecule has 4 aromatic rings. The number of carbonyl (C=O) groups is 3. The van der Waals surface area contributed by atoms with Crippen molar-refractivity contribution in [2.45, 2.75) is 70.9 Å². The van der Waals surface area contributed by atoms with Crippen molar-refractivity contribution in [3.63, 3.8) is 0 Å². The Labute approximate surface area is 274 Å². The maximum absolute atomic E-state index is 13.2. The summed E-state index contributed by atoms with van der Waals surface area (Å²) < 4.78 is 0. The van der Waals surface area contributed by atoms with Crippen molar-refractivity contribution < 1.29 is 19.5 Å². The molecule has 2 aromatic carbocycles. The largest absolute Gasteiger partial charge is 0.480 e. The number of hydrogen-bond acceptors (Lipinski definition) is 7. The molecule has 2 aromatic heterocycles. The van der Waals surface area contributed by atoms with Gasteiger partial charge in [0, 0.05) is 53.6 Å². The lowest BCUT2D eigenvalue weighted by atomic mass is 9.95. The Morgan fingerprint density at radius 3 is 2.22 bits per heavy atom. The van der Waals surface area contributed by atoms with Crippen molar-refractivity contribution in [1.29, 1.82) is 0 Å². The number of anilines is 1. The van der Waals surface area contributed by atoms with Gasteiger partial charge in [-0.25, -0.2) is 9.97 Å². The first-order valence-corrected chi connectivity index (χ1v) is 16.5. The zero-order valence-electron chi connectivity index (χ0n) is 26.7. The van der Waals surface area contributed by atoms with Gasteiger partial charge in [-0.3, -0.25) is 14.4 Å². The van der Waals surface area contributed by atoms with Crippen LogP contribution in [-0.2, 0) is 21.4 Å². The van der Waals surface area contributed by atoms with Crippen LogP contribution >= 0.6 is 11.3 Å². The van der Waals surface area contributed by atoms with E-state index in [1.165, 1.54) is 43.2 Å². The van der Waals surface area contributed by atoms with E-state index in [9.17, 15) is 19.5 Å². The van der Waals surface area contributed by atoms with Crippen molar-refractivity contribution in [2.24, 2.45) is 0 Å². The minimum atomic E-state index is -1.16. The first-order chi connectivity index (χ1) is 22.0.